The Balaban J connectivity index is 0. The quantitative estimate of drug-likeness (QED) is 0.696. The summed E-state index contributed by atoms with van der Waals surface area (Å²) in [6.45, 7) is 21.4. The predicted molar refractivity (Wildman–Crippen MR) is 80.6 cm³/mol. The molecule has 0 amide bonds. The lowest BCUT2D eigenvalue weighted by Gasteiger charge is -2.16. The Labute approximate surface area is 113 Å². The van der Waals surface area contributed by atoms with Gasteiger partial charge in [-0.15, -0.1) is 13.2 Å². The van der Waals surface area contributed by atoms with Gasteiger partial charge in [0.05, 0.1) is 18.8 Å². The zero-order chi connectivity index (χ0) is 14.7. The van der Waals surface area contributed by atoms with Crippen molar-refractivity contribution >= 4 is 0 Å². The molecular formula is C16H30O2. The largest absolute Gasteiger partial charge is 0.393 e. The molecule has 106 valence electrons. The van der Waals surface area contributed by atoms with Crippen molar-refractivity contribution in [3.63, 3.8) is 0 Å². The van der Waals surface area contributed by atoms with Crippen LogP contribution in [0.4, 0.5) is 0 Å². The van der Waals surface area contributed by atoms with Crippen LogP contribution in [0.2, 0.25) is 0 Å². The van der Waals surface area contributed by atoms with Gasteiger partial charge in [-0.2, -0.15) is 0 Å². The molecule has 0 heterocycles. The predicted octanol–water partition coefficient (Wildman–Crippen LogP) is 3.98. The highest BCUT2D eigenvalue weighted by Gasteiger charge is 2.07. The number of hydrogen-bond acceptors (Lipinski definition) is 2. The monoisotopic (exact) mass is 254 g/mol. The molecule has 0 radical (unpaired) electrons. The van der Waals surface area contributed by atoms with E-state index in [0.717, 1.165) is 5.57 Å². The molecule has 0 saturated carbocycles. The van der Waals surface area contributed by atoms with Gasteiger partial charge in [0.1, 0.15) is 0 Å². The van der Waals surface area contributed by atoms with Crippen molar-refractivity contribution in [3.05, 3.63) is 37.5 Å². The number of aliphatic hydroxyl groups excluding tert-OH is 1. The summed E-state index contributed by atoms with van der Waals surface area (Å²) in [5.74, 6) is 0.634. The topological polar surface area (TPSA) is 29.5 Å². The van der Waals surface area contributed by atoms with Crippen LogP contribution in [0.3, 0.4) is 0 Å². The van der Waals surface area contributed by atoms with E-state index in [9.17, 15) is 0 Å². The molecule has 0 aromatic rings. The number of rotatable bonds is 7. The van der Waals surface area contributed by atoms with Crippen LogP contribution in [0.1, 0.15) is 34.6 Å². The van der Waals surface area contributed by atoms with Gasteiger partial charge in [0, 0.05) is 0 Å². The maximum Gasteiger partial charge on any atom is 0.0675 e. The zero-order valence-corrected chi connectivity index (χ0v) is 12.6. The molecule has 0 rings (SSSR count). The van der Waals surface area contributed by atoms with Gasteiger partial charge in [0.15, 0.2) is 0 Å². The average molecular weight is 254 g/mol. The van der Waals surface area contributed by atoms with E-state index < -0.39 is 0 Å². The van der Waals surface area contributed by atoms with E-state index in [4.69, 9.17) is 9.84 Å². The Morgan fingerprint density at radius 3 is 1.78 bits per heavy atom. The van der Waals surface area contributed by atoms with E-state index in [-0.39, 0.29) is 18.1 Å². The molecule has 4 atom stereocenters. The Kier molecular flexibility index (Phi) is 12.2. The fourth-order valence-electron chi connectivity index (χ4n) is 0.814. The first-order chi connectivity index (χ1) is 8.26. The van der Waals surface area contributed by atoms with Crippen molar-refractivity contribution in [2.45, 2.75) is 46.8 Å². The molecule has 0 aliphatic rings. The lowest BCUT2D eigenvalue weighted by molar-refractivity contribution is 0.0589. The minimum atomic E-state index is -0.252. The van der Waals surface area contributed by atoms with Crippen LogP contribution in [0, 0.1) is 11.8 Å². The molecule has 0 aliphatic carbocycles. The lowest BCUT2D eigenvalue weighted by Crippen LogP contribution is -2.16. The average Bonchev–Trinajstić information content (AvgIpc) is 2.34. The van der Waals surface area contributed by atoms with Crippen LogP contribution in [0.15, 0.2) is 37.5 Å². The van der Waals surface area contributed by atoms with E-state index in [0.29, 0.717) is 12.5 Å². The molecule has 2 nitrogen and oxygen atoms in total. The first kappa shape index (κ1) is 19.5. The standard InChI is InChI=1S/C10H18O.C6H12O/c1-6-9(4)10(5)11-7-8(2)3;1-4-5(2)6(3)7/h6,9-10H,1-2,7H2,3-5H3;4-7H,1H2,2-3H3/t9-,10-;5-,6-/m11/s1. The summed E-state index contributed by atoms with van der Waals surface area (Å²) in [7, 11) is 0. The third kappa shape index (κ3) is 11.6. The fraction of sp³-hybridized carbons (Fsp3) is 0.625. The van der Waals surface area contributed by atoms with Crippen LogP contribution in [0.25, 0.3) is 0 Å². The first-order valence-corrected chi connectivity index (χ1v) is 6.45. The molecule has 2 heteroatoms. The second-order valence-corrected chi connectivity index (χ2v) is 4.90. The zero-order valence-electron chi connectivity index (χ0n) is 12.6. The van der Waals surface area contributed by atoms with Crippen LogP contribution in [-0.4, -0.2) is 23.9 Å². The summed E-state index contributed by atoms with van der Waals surface area (Å²) in [5, 5.41) is 8.75. The fourth-order valence-corrected chi connectivity index (χ4v) is 0.814. The van der Waals surface area contributed by atoms with Crippen molar-refractivity contribution in [2.75, 3.05) is 6.61 Å². The Morgan fingerprint density at radius 2 is 1.56 bits per heavy atom. The molecule has 0 fully saturated rings. The summed E-state index contributed by atoms with van der Waals surface area (Å²) in [4.78, 5) is 0. The molecule has 18 heavy (non-hydrogen) atoms. The van der Waals surface area contributed by atoms with Gasteiger partial charge in [0.25, 0.3) is 0 Å². The van der Waals surface area contributed by atoms with Crippen molar-refractivity contribution in [1.82, 2.24) is 0 Å². The molecule has 0 aromatic heterocycles. The van der Waals surface area contributed by atoms with Gasteiger partial charge in [-0.25, -0.2) is 0 Å². The molecule has 0 bridgehead atoms. The summed E-state index contributed by atoms with van der Waals surface area (Å²) >= 11 is 0. The van der Waals surface area contributed by atoms with Gasteiger partial charge in [-0.05, 0) is 32.6 Å². The normalized spacial score (nSPS) is 16.6. The van der Waals surface area contributed by atoms with E-state index in [2.05, 4.69) is 33.6 Å². The van der Waals surface area contributed by atoms with Gasteiger partial charge < -0.3 is 9.84 Å². The second kappa shape index (κ2) is 11.2. The van der Waals surface area contributed by atoms with Gasteiger partial charge >= 0.3 is 0 Å². The number of ether oxygens (including phenoxy) is 1. The van der Waals surface area contributed by atoms with Crippen LogP contribution >= 0.6 is 0 Å². The minimum Gasteiger partial charge on any atom is -0.393 e. The Bertz CT molecular complexity index is 243. The lowest BCUT2D eigenvalue weighted by atomic mass is 10.1. The van der Waals surface area contributed by atoms with Crippen molar-refractivity contribution in [1.29, 1.82) is 0 Å². The van der Waals surface area contributed by atoms with Crippen molar-refractivity contribution < 1.29 is 9.84 Å². The van der Waals surface area contributed by atoms with Crippen LogP contribution in [0.5, 0.6) is 0 Å². The SMILES string of the molecule is C=C[C@@H](C)[C@@H](C)O.C=C[C@@H](C)[C@@H](C)OCC(=C)C. The maximum absolute atomic E-state index is 8.75. The van der Waals surface area contributed by atoms with Gasteiger partial charge in [-0.1, -0.05) is 38.2 Å². The highest BCUT2D eigenvalue weighted by molar-refractivity contribution is 4.89. The molecule has 0 saturated heterocycles. The smallest absolute Gasteiger partial charge is 0.0675 e. The van der Waals surface area contributed by atoms with Crippen LogP contribution < -0.4 is 0 Å². The van der Waals surface area contributed by atoms with Gasteiger partial charge in [-0.3, -0.25) is 0 Å². The summed E-state index contributed by atoms with van der Waals surface area (Å²) < 4.78 is 5.49. The Hall–Kier alpha value is -0.860. The maximum atomic E-state index is 8.75. The summed E-state index contributed by atoms with van der Waals surface area (Å²) in [5.41, 5.74) is 1.06. The molecule has 0 unspecified atom stereocenters. The van der Waals surface area contributed by atoms with Crippen LogP contribution in [-0.2, 0) is 4.74 Å². The van der Waals surface area contributed by atoms with Crippen molar-refractivity contribution in [3.8, 4) is 0 Å². The summed E-state index contributed by atoms with van der Waals surface area (Å²) in [6, 6.07) is 0. The first-order valence-electron chi connectivity index (χ1n) is 6.45. The van der Waals surface area contributed by atoms with E-state index in [1.54, 1.807) is 13.0 Å². The van der Waals surface area contributed by atoms with Crippen molar-refractivity contribution in [2.24, 2.45) is 11.8 Å². The molecule has 0 spiro atoms. The minimum absolute atomic E-state index is 0.222. The van der Waals surface area contributed by atoms with E-state index in [1.807, 2.05) is 19.9 Å². The molecule has 0 aliphatic heterocycles. The highest BCUT2D eigenvalue weighted by Crippen LogP contribution is 2.08. The summed E-state index contributed by atoms with van der Waals surface area (Å²) in [6.07, 6.45) is 3.63. The number of aliphatic hydroxyl groups is 1. The molecule has 0 aromatic carbocycles. The Morgan fingerprint density at radius 1 is 1.11 bits per heavy atom. The number of hydrogen-bond donors (Lipinski definition) is 1. The third-order valence-corrected chi connectivity index (χ3v) is 2.84. The highest BCUT2D eigenvalue weighted by atomic mass is 16.5. The second-order valence-electron chi connectivity index (χ2n) is 4.90. The molecular weight excluding hydrogens is 224 g/mol. The molecule has 1 N–H and O–H groups in total. The van der Waals surface area contributed by atoms with E-state index in [1.165, 1.54) is 0 Å². The van der Waals surface area contributed by atoms with E-state index >= 15 is 0 Å². The third-order valence-electron chi connectivity index (χ3n) is 2.84. The van der Waals surface area contributed by atoms with Gasteiger partial charge in [0.2, 0.25) is 0 Å².